The summed E-state index contributed by atoms with van der Waals surface area (Å²) in [5.74, 6) is -1.19. The van der Waals surface area contributed by atoms with E-state index >= 15 is 0 Å². The summed E-state index contributed by atoms with van der Waals surface area (Å²) in [6, 6.07) is 0. The van der Waals surface area contributed by atoms with Crippen LogP contribution >= 0.6 is 0 Å². The summed E-state index contributed by atoms with van der Waals surface area (Å²) in [6.07, 6.45) is 0.861. The Labute approximate surface area is 106 Å². The zero-order chi connectivity index (χ0) is 13.2. The molecule has 0 aromatic carbocycles. The van der Waals surface area contributed by atoms with Crippen molar-refractivity contribution in [2.24, 2.45) is 0 Å². The van der Waals surface area contributed by atoms with E-state index in [4.69, 9.17) is 20.3 Å². The normalized spacial score (nSPS) is 36.6. The largest absolute Gasteiger partial charge is 0.394 e. The fourth-order valence-corrected chi connectivity index (χ4v) is 2.49. The lowest BCUT2D eigenvalue weighted by atomic mass is 10.2. The van der Waals surface area contributed by atoms with Crippen LogP contribution in [0.3, 0.4) is 0 Å². The van der Waals surface area contributed by atoms with Crippen molar-refractivity contribution in [3.8, 4) is 0 Å². The third-order valence-corrected chi connectivity index (χ3v) is 3.48. The number of aromatic nitrogens is 4. The number of nitrogens with two attached hydrogens (primary N) is 1. The van der Waals surface area contributed by atoms with E-state index in [9.17, 15) is 5.11 Å². The lowest BCUT2D eigenvalue weighted by Gasteiger charge is -2.19. The first-order valence-corrected chi connectivity index (χ1v) is 5.74. The van der Waals surface area contributed by atoms with Gasteiger partial charge < -0.3 is 25.4 Å². The summed E-state index contributed by atoms with van der Waals surface area (Å²) in [5, 5.41) is 19.4. The van der Waals surface area contributed by atoms with Crippen molar-refractivity contribution in [1.29, 1.82) is 0 Å². The molecule has 2 aromatic rings. The molecule has 4 rings (SSSR count). The smallest absolute Gasteiger partial charge is 0.242 e. The summed E-state index contributed by atoms with van der Waals surface area (Å²) in [6.45, 7) is -0.229. The highest BCUT2D eigenvalue weighted by Crippen LogP contribution is 2.53. The predicted molar refractivity (Wildman–Crippen MR) is 60.6 cm³/mol. The van der Waals surface area contributed by atoms with E-state index in [1.165, 1.54) is 17.2 Å². The standard InChI is InChI=1S/C10H11N5O4/c11-7-5-8(13-2-12-7)15(3-14-5)9-10(17)6(19-10)4(1-16)18-9/h2-4,6,9,16-17H,1H2,(H2,11,12,13)/t4-,6-,9-,10+/m1/s1. The SMILES string of the molecule is Nc1ncnc2c1ncn2[C@@H]1O[C@H](CO)[C@H]2O[C@@]21O. The van der Waals surface area contributed by atoms with Crippen molar-refractivity contribution in [1.82, 2.24) is 19.5 Å². The van der Waals surface area contributed by atoms with Crippen molar-refractivity contribution in [2.45, 2.75) is 24.2 Å². The predicted octanol–water partition coefficient (Wildman–Crippen LogP) is -1.61. The topological polar surface area (TPSA) is 132 Å². The summed E-state index contributed by atoms with van der Waals surface area (Å²) >= 11 is 0. The molecule has 2 aliphatic rings. The molecule has 0 unspecified atom stereocenters. The quantitative estimate of drug-likeness (QED) is 0.552. The van der Waals surface area contributed by atoms with Gasteiger partial charge in [-0.1, -0.05) is 0 Å². The van der Waals surface area contributed by atoms with Gasteiger partial charge in [0.2, 0.25) is 5.79 Å². The van der Waals surface area contributed by atoms with Crippen LogP contribution in [0, 0.1) is 0 Å². The summed E-state index contributed by atoms with van der Waals surface area (Å²) in [5.41, 5.74) is 6.57. The number of ether oxygens (including phenoxy) is 2. The highest BCUT2D eigenvalue weighted by Gasteiger charge is 2.72. The van der Waals surface area contributed by atoms with Gasteiger partial charge in [0.15, 0.2) is 17.7 Å². The van der Waals surface area contributed by atoms with Crippen LogP contribution in [-0.4, -0.2) is 54.3 Å². The summed E-state index contributed by atoms with van der Waals surface area (Å²) in [7, 11) is 0. The molecular formula is C10H11N5O4. The van der Waals surface area contributed by atoms with Crippen molar-refractivity contribution >= 4 is 17.0 Å². The molecule has 0 amide bonds. The molecule has 19 heavy (non-hydrogen) atoms. The minimum absolute atomic E-state index is 0.229. The molecule has 0 radical (unpaired) electrons. The second-order valence-electron chi connectivity index (χ2n) is 4.58. The fraction of sp³-hybridized carbons (Fsp3) is 0.500. The van der Waals surface area contributed by atoms with Gasteiger partial charge in [0.1, 0.15) is 24.1 Å². The van der Waals surface area contributed by atoms with Gasteiger partial charge in [0.25, 0.3) is 0 Å². The molecule has 9 heteroatoms. The minimum Gasteiger partial charge on any atom is -0.394 e. The van der Waals surface area contributed by atoms with Crippen LogP contribution in [0.25, 0.3) is 11.2 Å². The molecule has 2 aromatic heterocycles. The minimum atomic E-state index is -1.44. The number of rotatable bonds is 2. The lowest BCUT2D eigenvalue weighted by molar-refractivity contribution is -0.157. The second-order valence-corrected chi connectivity index (χ2v) is 4.58. The van der Waals surface area contributed by atoms with E-state index in [1.807, 2.05) is 0 Å². The maximum absolute atomic E-state index is 10.2. The van der Waals surface area contributed by atoms with E-state index < -0.39 is 24.2 Å². The van der Waals surface area contributed by atoms with Gasteiger partial charge in [-0.05, 0) is 0 Å². The molecule has 2 aliphatic heterocycles. The van der Waals surface area contributed by atoms with Gasteiger partial charge in [-0.25, -0.2) is 15.0 Å². The van der Waals surface area contributed by atoms with Gasteiger partial charge in [-0.3, -0.25) is 4.57 Å². The lowest BCUT2D eigenvalue weighted by Crippen LogP contribution is -2.26. The third kappa shape index (κ3) is 1.29. The Morgan fingerprint density at radius 3 is 3.00 bits per heavy atom. The third-order valence-electron chi connectivity index (χ3n) is 3.48. The Kier molecular flexibility index (Phi) is 1.97. The van der Waals surface area contributed by atoms with E-state index in [2.05, 4.69) is 15.0 Å². The molecule has 0 aliphatic carbocycles. The Balaban J connectivity index is 1.82. The molecular weight excluding hydrogens is 254 g/mol. The average molecular weight is 265 g/mol. The molecule has 0 saturated carbocycles. The van der Waals surface area contributed by atoms with Crippen LogP contribution in [0.1, 0.15) is 6.23 Å². The molecule has 100 valence electrons. The van der Waals surface area contributed by atoms with E-state index in [0.717, 1.165) is 0 Å². The van der Waals surface area contributed by atoms with E-state index in [-0.39, 0.29) is 12.4 Å². The monoisotopic (exact) mass is 265 g/mol. The van der Waals surface area contributed by atoms with Crippen molar-refractivity contribution < 1.29 is 19.7 Å². The summed E-state index contributed by atoms with van der Waals surface area (Å²) in [4.78, 5) is 12.0. The molecule has 4 atom stereocenters. The number of fused-ring (bicyclic) bond motifs is 2. The van der Waals surface area contributed by atoms with Crippen molar-refractivity contribution in [3.63, 3.8) is 0 Å². The average Bonchev–Trinajstić information content (AvgIpc) is 2.81. The number of aliphatic hydroxyl groups excluding tert-OH is 1. The molecule has 4 N–H and O–H groups in total. The van der Waals surface area contributed by atoms with Crippen LogP contribution in [0.15, 0.2) is 12.7 Å². The van der Waals surface area contributed by atoms with E-state index in [0.29, 0.717) is 11.2 Å². The Morgan fingerprint density at radius 1 is 1.42 bits per heavy atom. The highest BCUT2D eigenvalue weighted by atomic mass is 16.8. The number of aliphatic hydroxyl groups is 2. The first-order chi connectivity index (χ1) is 9.15. The number of hydrogen-bond acceptors (Lipinski definition) is 8. The first-order valence-electron chi connectivity index (χ1n) is 5.74. The number of hydrogen-bond donors (Lipinski definition) is 3. The van der Waals surface area contributed by atoms with Crippen LogP contribution in [-0.2, 0) is 9.47 Å². The highest BCUT2D eigenvalue weighted by molar-refractivity contribution is 5.81. The number of nitrogens with zero attached hydrogens (tertiary/aromatic N) is 4. The van der Waals surface area contributed by atoms with Gasteiger partial charge in [-0.2, -0.15) is 0 Å². The molecule has 2 fully saturated rings. The molecule has 0 spiro atoms. The van der Waals surface area contributed by atoms with Crippen LogP contribution in [0.5, 0.6) is 0 Å². The first kappa shape index (κ1) is 11.1. The maximum atomic E-state index is 10.2. The number of epoxide rings is 1. The van der Waals surface area contributed by atoms with Crippen LogP contribution in [0.2, 0.25) is 0 Å². The molecule has 2 saturated heterocycles. The number of nitrogen functional groups attached to an aromatic ring is 1. The molecule has 9 nitrogen and oxygen atoms in total. The van der Waals surface area contributed by atoms with Gasteiger partial charge >= 0.3 is 0 Å². The van der Waals surface area contributed by atoms with Crippen molar-refractivity contribution in [3.05, 3.63) is 12.7 Å². The second kappa shape index (κ2) is 3.39. The number of imidazole rings is 1. The van der Waals surface area contributed by atoms with Gasteiger partial charge in [0, 0.05) is 0 Å². The zero-order valence-electron chi connectivity index (χ0n) is 9.67. The van der Waals surface area contributed by atoms with Gasteiger partial charge in [-0.15, -0.1) is 0 Å². The van der Waals surface area contributed by atoms with Gasteiger partial charge in [0.05, 0.1) is 12.9 Å². The van der Waals surface area contributed by atoms with Crippen molar-refractivity contribution in [2.75, 3.05) is 12.3 Å². The summed E-state index contributed by atoms with van der Waals surface area (Å²) < 4.78 is 12.3. The molecule has 4 heterocycles. The molecule has 0 bridgehead atoms. The van der Waals surface area contributed by atoms with Crippen LogP contribution in [0.4, 0.5) is 5.82 Å². The number of anilines is 1. The van der Waals surface area contributed by atoms with E-state index in [1.54, 1.807) is 0 Å². The Morgan fingerprint density at radius 2 is 2.26 bits per heavy atom. The van der Waals surface area contributed by atoms with Crippen LogP contribution < -0.4 is 5.73 Å². The Bertz CT molecular complexity index is 660. The zero-order valence-corrected chi connectivity index (χ0v) is 9.67. The fourth-order valence-electron chi connectivity index (χ4n) is 2.49. The maximum Gasteiger partial charge on any atom is 0.242 e. The Hall–Kier alpha value is -1.81.